The molecule has 1 aliphatic heterocycles. The molecule has 0 aliphatic carbocycles. The van der Waals surface area contributed by atoms with Crippen LogP contribution in [-0.4, -0.2) is 36.3 Å². The van der Waals surface area contributed by atoms with Gasteiger partial charge in [-0.15, -0.1) is 0 Å². The van der Waals surface area contributed by atoms with E-state index in [1.54, 1.807) is 0 Å². The highest BCUT2D eigenvalue weighted by molar-refractivity contribution is 5.80. The van der Waals surface area contributed by atoms with E-state index in [9.17, 15) is 0 Å². The van der Waals surface area contributed by atoms with Crippen LogP contribution < -0.4 is 4.90 Å². The third-order valence-electron chi connectivity index (χ3n) is 4.42. The summed E-state index contributed by atoms with van der Waals surface area (Å²) in [5.74, 6) is 1.03. The summed E-state index contributed by atoms with van der Waals surface area (Å²) in [6, 6.07) is 4.27. The second-order valence-corrected chi connectivity index (χ2v) is 6.13. The van der Waals surface area contributed by atoms with Gasteiger partial charge >= 0.3 is 0 Å². The first kappa shape index (κ1) is 16.7. The maximum atomic E-state index is 5.47. The lowest BCUT2D eigenvalue weighted by molar-refractivity contribution is 0.122. The fourth-order valence-corrected chi connectivity index (χ4v) is 3.04. The Balaban J connectivity index is 2.13. The van der Waals surface area contributed by atoms with Crippen molar-refractivity contribution in [3.05, 3.63) is 47.4 Å². The molecule has 2 aromatic rings. The largest absolute Gasteiger partial charge is 0.378 e. The van der Waals surface area contributed by atoms with Gasteiger partial charge in [0.25, 0.3) is 0 Å². The Morgan fingerprint density at radius 1 is 1.21 bits per heavy atom. The summed E-state index contributed by atoms with van der Waals surface area (Å²) in [6.07, 6.45) is 9.19. The number of allylic oxidation sites excluding steroid dienone is 1. The minimum atomic E-state index is 0.763. The molecule has 3 rings (SSSR count). The van der Waals surface area contributed by atoms with Gasteiger partial charge in [-0.25, -0.2) is 4.98 Å². The first-order valence-electron chi connectivity index (χ1n) is 8.62. The van der Waals surface area contributed by atoms with Crippen LogP contribution in [0, 0.1) is 13.8 Å². The molecule has 2 aromatic heterocycles. The van der Waals surface area contributed by atoms with Gasteiger partial charge in [0.1, 0.15) is 5.82 Å². The smallest absolute Gasteiger partial charge is 0.129 e. The lowest BCUT2D eigenvalue weighted by atomic mass is 9.96. The Bertz CT molecular complexity index is 734. The molecule has 0 radical (unpaired) electrons. The molecule has 1 fully saturated rings. The van der Waals surface area contributed by atoms with Crippen LogP contribution in [0.5, 0.6) is 0 Å². The molecule has 24 heavy (non-hydrogen) atoms. The quantitative estimate of drug-likeness (QED) is 0.852. The van der Waals surface area contributed by atoms with Crippen molar-refractivity contribution in [2.75, 3.05) is 31.2 Å². The monoisotopic (exact) mass is 323 g/mol. The van der Waals surface area contributed by atoms with Crippen LogP contribution in [0.1, 0.15) is 30.2 Å². The molecule has 0 spiro atoms. The molecular weight excluding hydrogens is 298 g/mol. The number of nitrogens with zero attached hydrogens (tertiary/aromatic N) is 3. The zero-order chi connectivity index (χ0) is 16.9. The van der Waals surface area contributed by atoms with Crippen LogP contribution in [0.2, 0.25) is 0 Å². The van der Waals surface area contributed by atoms with E-state index in [0.29, 0.717) is 0 Å². The zero-order valence-electron chi connectivity index (χ0n) is 14.7. The number of pyridine rings is 2. The summed E-state index contributed by atoms with van der Waals surface area (Å²) < 4.78 is 5.47. The summed E-state index contributed by atoms with van der Waals surface area (Å²) >= 11 is 0. The van der Waals surface area contributed by atoms with Crippen molar-refractivity contribution in [3.8, 4) is 11.1 Å². The number of aromatic nitrogens is 2. The van der Waals surface area contributed by atoms with Crippen LogP contribution in [0.3, 0.4) is 0 Å². The Labute approximate surface area is 144 Å². The van der Waals surface area contributed by atoms with Gasteiger partial charge in [-0.2, -0.15) is 0 Å². The number of hydrogen-bond donors (Lipinski definition) is 0. The molecule has 0 saturated carbocycles. The average Bonchev–Trinajstić information content (AvgIpc) is 2.61. The molecule has 4 nitrogen and oxygen atoms in total. The standard InChI is InChI=1S/C20H25N3O/c1-4-5-6-17-16(3)22-20(23-9-11-24-12-10-23)13-18(17)19-14-21-8-7-15(19)2/h5-8,13-14H,4,9-12H2,1-3H3/b6-5-. The number of anilines is 1. The summed E-state index contributed by atoms with van der Waals surface area (Å²) in [5, 5.41) is 0. The maximum Gasteiger partial charge on any atom is 0.129 e. The first-order valence-corrected chi connectivity index (χ1v) is 8.62. The molecular formula is C20H25N3O. The first-order chi connectivity index (χ1) is 11.7. The molecule has 126 valence electrons. The molecule has 4 heteroatoms. The molecule has 0 atom stereocenters. The predicted molar refractivity (Wildman–Crippen MR) is 99.3 cm³/mol. The predicted octanol–water partition coefficient (Wildman–Crippen LogP) is 4.02. The van der Waals surface area contributed by atoms with E-state index in [2.05, 4.69) is 54.9 Å². The van der Waals surface area contributed by atoms with Crippen molar-refractivity contribution < 1.29 is 4.74 Å². The second-order valence-electron chi connectivity index (χ2n) is 6.13. The van der Waals surface area contributed by atoms with Gasteiger partial charge in [-0.1, -0.05) is 19.1 Å². The van der Waals surface area contributed by atoms with Crippen molar-refractivity contribution in [3.63, 3.8) is 0 Å². The molecule has 0 amide bonds. The number of rotatable bonds is 4. The van der Waals surface area contributed by atoms with Gasteiger partial charge in [0.2, 0.25) is 0 Å². The highest BCUT2D eigenvalue weighted by Gasteiger charge is 2.17. The molecule has 0 unspecified atom stereocenters. The van der Waals surface area contributed by atoms with Crippen molar-refractivity contribution in [2.24, 2.45) is 0 Å². The lowest BCUT2D eigenvalue weighted by Crippen LogP contribution is -2.36. The van der Waals surface area contributed by atoms with Crippen molar-refractivity contribution in [1.82, 2.24) is 9.97 Å². The lowest BCUT2D eigenvalue weighted by Gasteiger charge is -2.29. The fraction of sp³-hybridized carbons (Fsp3) is 0.400. The average molecular weight is 323 g/mol. The van der Waals surface area contributed by atoms with Gasteiger partial charge in [0.15, 0.2) is 0 Å². The summed E-state index contributed by atoms with van der Waals surface area (Å²) in [7, 11) is 0. The van der Waals surface area contributed by atoms with E-state index in [1.807, 2.05) is 12.4 Å². The molecule has 0 N–H and O–H groups in total. The summed E-state index contributed by atoms with van der Waals surface area (Å²) in [4.78, 5) is 11.5. The highest BCUT2D eigenvalue weighted by Crippen LogP contribution is 2.32. The summed E-state index contributed by atoms with van der Waals surface area (Å²) in [6.45, 7) is 9.68. The van der Waals surface area contributed by atoms with Crippen LogP contribution in [0.25, 0.3) is 17.2 Å². The number of ether oxygens (including phenoxy) is 1. The molecule has 1 aliphatic rings. The highest BCUT2D eigenvalue weighted by atomic mass is 16.5. The summed E-state index contributed by atoms with van der Waals surface area (Å²) in [5.41, 5.74) is 5.86. The normalized spacial score (nSPS) is 15.2. The van der Waals surface area contributed by atoms with E-state index < -0.39 is 0 Å². The van der Waals surface area contributed by atoms with E-state index in [0.717, 1.165) is 44.2 Å². The van der Waals surface area contributed by atoms with Crippen molar-refractivity contribution >= 4 is 11.9 Å². The van der Waals surface area contributed by atoms with E-state index >= 15 is 0 Å². The Hall–Kier alpha value is -2.20. The molecule has 1 saturated heterocycles. The van der Waals surface area contributed by atoms with Gasteiger partial charge in [-0.3, -0.25) is 4.98 Å². The topological polar surface area (TPSA) is 38.2 Å². The Kier molecular flexibility index (Phi) is 5.26. The maximum absolute atomic E-state index is 5.47. The molecule has 0 aromatic carbocycles. The third-order valence-corrected chi connectivity index (χ3v) is 4.42. The Morgan fingerprint density at radius 3 is 2.71 bits per heavy atom. The SMILES string of the molecule is CC/C=C\c1c(-c2cnccc2C)cc(N2CCOCC2)nc1C. The minimum absolute atomic E-state index is 0.763. The third kappa shape index (κ3) is 3.49. The van der Waals surface area contributed by atoms with E-state index in [1.165, 1.54) is 22.3 Å². The van der Waals surface area contributed by atoms with Crippen LogP contribution in [-0.2, 0) is 4.74 Å². The Morgan fingerprint density at radius 2 is 2.00 bits per heavy atom. The number of aryl methyl sites for hydroxylation is 2. The van der Waals surface area contributed by atoms with Crippen LogP contribution in [0.15, 0.2) is 30.6 Å². The van der Waals surface area contributed by atoms with Crippen LogP contribution in [0.4, 0.5) is 5.82 Å². The van der Waals surface area contributed by atoms with Crippen molar-refractivity contribution in [1.29, 1.82) is 0 Å². The van der Waals surface area contributed by atoms with Gasteiger partial charge in [0.05, 0.1) is 13.2 Å². The van der Waals surface area contributed by atoms with Gasteiger partial charge < -0.3 is 9.64 Å². The number of morpholine rings is 1. The van der Waals surface area contributed by atoms with Gasteiger partial charge in [0, 0.05) is 42.3 Å². The molecule has 3 heterocycles. The fourth-order valence-electron chi connectivity index (χ4n) is 3.04. The van der Waals surface area contributed by atoms with E-state index in [4.69, 9.17) is 9.72 Å². The van der Waals surface area contributed by atoms with Crippen LogP contribution >= 0.6 is 0 Å². The van der Waals surface area contributed by atoms with E-state index in [-0.39, 0.29) is 0 Å². The second kappa shape index (κ2) is 7.58. The molecule has 0 bridgehead atoms. The van der Waals surface area contributed by atoms with Crippen molar-refractivity contribution in [2.45, 2.75) is 27.2 Å². The zero-order valence-corrected chi connectivity index (χ0v) is 14.7. The minimum Gasteiger partial charge on any atom is -0.378 e. The number of hydrogen-bond acceptors (Lipinski definition) is 4. The van der Waals surface area contributed by atoms with Gasteiger partial charge in [-0.05, 0) is 43.5 Å².